The smallest absolute Gasteiger partial charge is 0.178 e. The van der Waals surface area contributed by atoms with Crippen molar-refractivity contribution < 1.29 is 4.74 Å². The fourth-order valence-electron chi connectivity index (χ4n) is 1.42. The number of aryl methyl sites for hydroxylation is 1. The van der Waals surface area contributed by atoms with Gasteiger partial charge >= 0.3 is 0 Å². The number of aromatic nitrogens is 3. The second-order valence-corrected chi connectivity index (χ2v) is 3.56. The third-order valence-corrected chi connectivity index (χ3v) is 2.12. The van der Waals surface area contributed by atoms with Gasteiger partial charge in [-0.25, -0.2) is 9.97 Å². The molecule has 15 heavy (non-hydrogen) atoms. The minimum Gasteiger partial charge on any atom is -0.374 e. The predicted molar refractivity (Wildman–Crippen MR) is 58.6 cm³/mol. The maximum absolute atomic E-state index is 5.41. The first-order chi connectivity index (χ1) is 7.29. The molecule has 0 atom stereocenters. The first-order valence-corrected chi connectivity index (χ1v) is 5.19. The minimum atomic E-state index is 0.531. The quantitative estimate of drug-likeness (QED) is 0.778. The molecule has 2 aromatic rings. The lowest BCUT2D eigenvalue weighted by Crippen LogP contribution is -1.95. The molecule has 4 nitrogen and oxygen atoms in total. The van der Waals surface area contributed by atoms with Gasteiger partial charge in [0.1, 0.15) is 12.4 Å². The van der Waals surface area contributed by atoms with E-state index >= 15 is 0 Å². The Kier molecular flexibility index (Phi) is 2.97. The first kappa shape index (κ1) is 10.1. The van der Waals surface area contributed by atoms with E-state index in [1.165, 1.54) is 0 Å². The van der Waals surface area contributed by atoms with Gasteiger partial charge in [0, 0.05) is 12.3 Å². The van der Waals surface area contributed by atoms with Crippen LogP contribution in [0.4, 0.5) is 0 Å². The SMILES string of the molecule is CCCOCc1nc2nc(C)ccc2[nH]1. The molecule has 4 heteroatoms. The summed E-state index contributed by atoms with van der Waals surface area (Å²) in [6.45, 7) is 5.34. The summed E-state index contributed by atoms with van der Waals surface area (Å²) in [7, 11) is 0. The minimum absolute atomic E-state index is 0.531. The van der Waals surface area contributed by atoms with E-state index in [9.17, 15) is 0 Å². The van der Waals surface area contributed by atoms with E-state index in [1.807, 2.05) is 19.1 Å². The van der Waals surface area contributed by atoms with Crippen molar-refractivity contribution >= 4 is 11.2 Å². The molecule has 2 rings (SSSR count). The molecule has 0 fully saturated rings. The molecule has 0 saturated heterocycles. The van der Waals surface area contributed by atoms with Crippen LogP contribution in [0.5, 0.6) is 0 Å². The summed E-state index contributed by atoms with van der Waals surface area (Å²) >= 11 is 0. The molecule has 2 heterocycles. The molecule has 0 bridgehead atoms. The molecular weight excluding hydrogens is 190 g/mol. The molecule has 2 aromatic heterocycles. The lowest BCUT2D eigenvalue weighted by Gasteiger charge is -1.97. The Morgan fingerprint density at radius 1 is 1.33 bits per heavy atom. The lowest BCUT2D eigenvalue weighted by molar-refractivity contribution is 0.117. The zero-order valence-electron chi connectivity index (χ0n) is 9.08. The first-order valence-electron chi connectivity index (χ1n) is 5.19. The number of rotatable bonds is 4. The highest BCUT2D eigenvalue weighted by molar-refractivity contribution is 5.70. The third-order valence-electron chi connectivity index (χ3n) is 2.12. The Morgan fingerprint density at radius 2 is 2.20 bits per heavy atom. The number of hydrogen-bond donors (Lipinski definition) is 1. The number of H-pyrrole nitrogens is 1. The number of imidazole rings is 1. The maximum Gasteiger partial charge on any atom is 0.178 e. The molecule has 0 aliphatic heterocycles. The Hall–Kier alpha value is -1.42. The molecule has 0 radical (unpaired) electrons. The molecule has 0 aliphatic carbocycles. The van der Waals surface area contributed by atoms with E-state index in [0.717, 1.165) is 35.7 Å². The average molecular weight is 205 g/mol. The van der Waals surface area contributed by atoms with Gasteiger partial charge in [0.15, 0.2) is 5.65 Å². The summed E-state index contributed by atoms with van der Waals surface area (Å²) in [4.78, 5) is 11.9. The van der Waals surface area contributed by atoms with Crippen LogP contribution in [0.15, 0.2) is 12.1 Å². The van der Waals surface area contributed by atoms with Crippen LogP contribution >= 0.6 is 0 Å². The lowest BCUT2D eigenvalue weighted by atomic mass is 10.4. The number of pyridine rings is 1. The normalized spacial score (nSPS) is 11.1. The van der Waals surface area contributed by atoms with Gasteiger partial charge in [0.25, 0.3) is 0 Å². The van der Waals surface area contributed by atoms with Crippen molar-refractivity contribution in [2.24, 2.45) is 0 Å². The summed E-state index contributed by atoms with van der Waals surface area (Å²) in [6.07, 6.45) is 1.03. The Balaban J connectivity index is 2.16. The van der Waals surface area contributed by atoms with Gasteiger partial charge in [-0.05, 0) is 25.5 Å². The number of aromatic amines is 1. The second kappa shape index (κ2) is 4.40. The number of ether oxygens (including phenoxy) is 1. The average Bonchev–Trinajstić information content (AvgIpc) is 2.60. The number of hydrogen-bond acceptors (Lipinski definition) is 3. The third kappa shape index (κ3) is 2.33. The van der Waals surface area contributed by atoms with Crippen LogP contribution in [0.1, 0.15) is 24.9 Å². The van der Waals surface area contributed by atoms with Crippen molar-refractivity contribution in [2.75, 3.05) is 6.61 Å². The van der Waals surface area contributed by atoms with Crippen LogP contribution in [0.3, 0.4) is 0 Å². The van der Waals surface area contributed by atoms with E-state index in [1.54, 1.807) is 0 Å². The second-order valence-electron chi connectivity index (χ2n) is 3.56. The molecule has 0 aliphatic rings. The summed E-state index contributed by atoms with van der Waals surface area (Å²) in [6, 6.07) is 3.96. The van der Waals surface area contributed by atoms with Crippen molar-refractivity contribution in [1.29, 1.82) is 0 Å². The molecule has 0 spiro atoms. The molecule has 1 N–H and O–H groups in total. The van der Waals surface area contributed by atoms with Gasteiger partial charge in [-0.1, -0.05) is 6.92 Å². The molecule has 0 unspecified atom stereocenters. The van der Waals surface area contributed by atoms with E-state index in [0.29, 0.717) is 6.61 Å². The topological polar surface area (TPSA) is 50.8 Å². The van der Waals surface area contributed by atoms with Crippen molar-refractivity contribution in [2.45, 2.75) is 26.9 Å². The molecule has 0 saturated carbocycles. The van der Waals surface area contributed by atoms with Gasteiger partial charge in [-0.15, -0.1) is 0 Å². The van der Waals surface area contributed by atoms with Crippen molar-refractivity contribution in [3.05, 3.63) is 23.7 Å². The molecule has 0 amide bonds. The van der Waals surface area contributed by atoms with Crippen LogP contribution in [0, 0.1) is 6.92 Å². The zero-order chi connectivity index (χ0) is 10.7. The predicted octanol–water partition coefficient (Wildman–Crippen LogP) is 2.19. The van der Waals surface area contributed by atoms with Gasteiger partial charge in [-0.2, -0.15) is 0 Å². The fraction of sp³-hybridized carbons (Fsp3) is 0.455. The van der Waals surface area contributed by atoms with E-state index in [4.69, 9.17) is 4.74 Å². The van der Waals surface area contributed by atoms with Gasteiger partial charge in [0.05, 0.1) is 5.52 Å². The van der Waals surface area contributed by atoms with E-state index < -0.39 is 0 Å². The number of nitrogens with zero attached hydrogens (tertiary/aromatic N) is 2. The fourth-order valence-corrected chi connectivity index (χ4v) is 1.42. The summed E-state index contributed by atoms with van der Waals surface area (Å²) in [5.41, 5.74) is 2.72. The molecule has 80 valence electrons. The van der Waals surface area contributed by atoms with Gasteiger partial charge in [-0.3, -0.25) is 0 Å². The summed E-state index contributed by atoms with van der Waals surface area (Å²) < 4.78 is 5.41. The highest BCUT2D eigenvalue weighted by Gasteiger charge is 2.03. The summed E-state index contributed by atoms with van der Waals surface area (Å²) in [5, 5.41) is 0. The number of nitrogens with one attached hydrogen (secondary N) is 1. The van der Waals surface area contributed by atoms with Crippen molar-refractivity contribution in [1.82, 2.24) is 15.0 Å². The van der Waals surface area contributed by atoms with Crippen LogP contribution in [0.25, 0.3) is 11.2 Å². The number of fused-ring (bicyclic) bond motifs is 1. The maximum atomic E-state index is 5.41. The summed E-state index contributed by atoms with van der Waals surface area (Å²) in [5.74, 6) is 0.844. The Labute approximate surface area is 88.7 Å². The monoisotopic (exact) mass is 205 g/mol. The highest BCUT2D eigenvalue weighted by Crippen LogP contribution is 2.10. The van der Waals surface area contributed by atoms with Crippen molar-refractivity contribution in [3.8, 4) is 0 Å². The van der Waals surface area contributed by atoms with Gasteiger partial charge < -0.3 is 9.72 Å². The Morgan fingerprint density at radius 3 is 3.00 bits per heavy atom. The van der Waals surface area contributed by atoms with Crippen LogP contribution in [-0.4, -0.2) is 21.6 Å². The van der Waals surface area contributed by atoms with E-state index in [2.05, 4.69) is 21.9 Å². The van der Waals surface area contributed by atoms with Crippen LogP contribution in [0.2, 0.25) is 0 Å². The largest absolute Gasteiger partial charge is 0.374 e. The Bertz CT molecular complexity index is 450. The van der Waals surface area contributed by atoms with Crippen LogP contribution < -0.4 is 0 Å². The van der Waals surface area contributed by atoms with Crippen LogP contribution in [-0.2, 0) is 11.3 Å². The standard InChI is InChI=1S/C11H15N3O/c1-3-6-15-7-10-13-9-5-4-8(2)12-11(9)14-10/h4-5H,3,6-7H2,1-2H3,(H,12,13,14). The van der Waals surface area contributed by atoms with Gasteiger partial charge in [0.2, 0.25) is 0 Å². The van der Waals surface area contributed by atoms with E-state index in [-0.39, 0.29) is 0 Å². The molecule has 0 aromatic carbocycles. The molecular formula is C11H15N3O. The highest BCUT2D eigenvalue weighted by atomic mass is 16.5. The zero-order valence-corrected chi connectivity index (χ0v) is 9.08. The van der Waals surface area contributed by atoms with Crippen molar-refractivity contribution in [3.63, 3.8) is 0 Å².